The number of nitrogens with zero attached hydrogens (tertiary/aromatic N) is 2. The Hall–Kier alpha value is -4.24. The van der Waals surface area contributed by atoms with Gasteiger partial charge in [-0.05, 0) is 30.3 Å². The molecule has 0 unspecified atom stereocenters. The monoisotopic (exact) mass is 443 g/mol. The van der Waals surface area contributed by atoms with E-state index in [-0.39, 0.29) is 6.54 Å². The third kappa shape index (κ3) is 4.01. The fraction of sp³-hybridized carbons (Fsp3) is 0.0435. The van der Waals surface area contributed by atoms with Gasteiger partial charge < -0.3 is 9.84 Å². The summed E-state index contributed by atoms with van der Waals surface area (Å²) in [4.78, 5) is 29.1. The lowest BCUT2D eigenvalue weighted by Crippen LogP contribution is -2.44. The molecule has 9 heteroatoms. The Morgan fingerprint density at radius 1 is 0.906 bits per heavy atom. The van der Waals surface area contributed by atoms with E-state index in [0.717, 1.165) is 15.8 Å². The standard InChI is InChI=1S/C23H17N5O3S/c29-20(13-24-23-25-18-8-4-5-9-19(18)32-23)26-27-22(30)15-10-11-17-16(12-15)21(31-28-17)14-6-2-1-3-7-14/h1-12H,13H2,(H,24,25)(H,26,29)(H,27,30). The van der Waals surface area contributed by atoms with Gasteiger partial charge in [0.15, 0.2) is 10.9 Å². The molecule has 2 heterocycles. The third-order valence-electron chi connectivity index (χ3n) is 4.78. The van der Waals surface area contributed by atoms with Crippen LogP contribution in [-0.4, -0.2) is 28.5 Å². The maximum atomic E-state index is 12.5. The zero-order valence-corrected chi connectivity index (χ0v) is 17.5. The average molecular weight is 443 g/mol. The van der Waals surface area contributed by atoms with Gasteiger partial charge in [-0.3, -0.25) is 20.4 Å². The first-order chi connectivity index (χ1) is 15.7. The molecule has 0 aliphatic heterocycles. The summed E-state index contributed by atoms with van der Waals surface area (Å²) in [5.41, 5.74) is 7.59. The topological polar surface area (TPSA) is 109 Å². The lowest BCUT2D eigenvalue weighted by molar-refractivity contribution is -0.120. The van der Waals surface area contributed by atoms with Crippen molar-refractivity contribution in [2.24, 2.45) is 0 Å². The molecular weight excluding hydrogens is 426 g/mol. The minimum Gasteiger partial charge on any atom is -0.355 e. The van der Waals surface area contributed by atoms with Crippen LogP contribution in [0.3, 0.4) is 0 Å². The SMILES string of the molecule is O=C(CNc1nc2ccccc2s1)NNC(=O)c1ccc2noc(-c3ccccc3)c2c1. The second kappa shape index (κ2) is 8.48. The van der Waals surface area contributed by atoms with Crippen LogP contribution in [0.4, 0.5) is 5.13 Å². The number of carbonyl (C=O) groups is 2. The van der Waals surface area contributed by atoms with E-state index in [9.17, 15) is 9.59 Å². The second-order valence-electron chi connectivity index (χ2n) is 6.95. The molecule has 0 spiro atoms. The van der Waals surface area contributed by atoms with E-state index in [4.69, 9.17) is 4.52 Å². The summed E-state index contributed by atoms with van der Waals surface area (Å²) in [6.07, 6.45) is 0. The summed E-state index contributed by atoms with van der Waals surface area (Å²) in [7, 11) is 0. The molecule has 0 saturated heterocycles. The van der Waals surface area contributed by atoms with Gasteiger partial charge in [0.2, 0.25) is 0 Å². The van der Waals surface area contributed by atoms with Gasteiger partial charge in [-0.2, -0.15) is 0 Å². The number of nitrogens with one attached hydrogen (secondary N) is 3. The second-order valence-corrected chi connectivity index (χ2v) is 7.98. The molecule has 3 aromatic carbocycles. The van der Waals surface area contributed by atoms with Crippen molar-refractivity contribution in [3.63, 3.8) is 0 Å². The Morgan fingerprint density at radius 2 is 1.72 bits per heavy atom. The van der Waals surface area contributed by atoms with Crippen molar-refractivity contribution in [3.05, 3.63) is 78.4 Å². The maximum Gasteiger partial charge on any atom is 0.269 e. The number of anilines is 1. The van der Waals surface area contributed by atoms with Gasteiger partial charge in [0.25, 0.3) is 11.8 Å². The van der Waals surface area contributed by atoms with Crippen molar-refractivity contribution in [1.29, 1.82) is 0 Å². The number of thiazole rings is 1. The van der Waals surface area contributed by atoms with Gasteiger partial charge >= 0.3 is 0 Å². The van der Waals surface area contributed by atoms with Gasteiger partial charge in [-0.25, -0.2) is 4.98 Å². The van der Waals surface area contributed by atoms with E-state index in [1.807, 2.05) is 54.6 Å². The molecule has 5 rings (SSSR count). The molecular formula is C23H17N5O3S. The molecule has 0 radical (unpaired) electrons. The van der Waals surface area contributed by atoms with Crippen molar-refractivity contribution >= 4 is 49.4 Å². The van der Waals surface area contributed by atoms with Gasteiger partial charge in [-0.15, -0.1) is 0 Å². The van der Waals surface area contributed by atoms with Gasteiger partial charge in [0.05, 0.1) is 22.1 Å². The van der Waals surface area contributed by atoms with Crippen LogP contribution in [0.1, 0.15) is 10.4 Å². The Morgan fingerprint density at radius 3 is 2.56 bits per heavy atom. The lowest BCUT2D eigenvalue weighted by atomic mass is 10.1. The Labute approximate surface area is 186 Å². The van der Waals surface area contributed by atoms with E-state index < -0.39 is 11.8 Å². The number of rotatable bonds is 5. The number of hydrazine groups is 1. The van der Waals surface area contributed by atoms with Crippen molar-refractivity contribution in [3.8, 4) is 11.3 Å². The normalized spacial score (nSPS) is 10.9. The summed E-state index contributed by atoms with van der Waals surface area (Å²) in [5, 5.41) is 8.37. The highest BCUT2D eigenvalue weighted by molar-refractivity contribution is 7.22. The summed E-state index contributed by atoms with van der Waals surface area (Å²) >= 11 is 1.46. The predicted molar refractivity (Wildman–Crippen MR) is 123 cm³/mol. The number of carbonyl (C=O) groups excluding carboxylic acids is 2. The number of para-hydroxylation sites is 1. The maximum absolute atomic E-state index is 12.5. The van der Waals surface area contributed by atoms with E-state index in [1.165, 1.54) is 11.3 Å². The number of hydrogen-bond acceptors (Lipinski definition) is 7. The zero-order chi connectivity index (χ0) is 21.9. The molecule has 5 aromatic rings. The zero-order valence-electron chi connectivity index (χ0n) is 16.7. The summed E-state index contributed by atoms with van der Waals surface area (Å²) < 4.78 is 6.50. The van der Waals surface area contributed by atoms with Crippen molar-refractivity contribution < 1.29 is 14.1 Å². The summed E-state index contributed by atoms with van der Waals surface area (Å²) in [6.45, 7) is -0.0249. The molecule has 0 aliphatic carbocycles. The van der Waals surface area contributed by atoms with Crippen LogP contribution in [-0.2, 0) is 4.79 Å². The minimum atomic E-state index is -0.444. The van der Waals surface area contributed by atoms with E-state index in [1.54, 1.807) is 18.2 Å². The van der Waals surface area contributed by atoms with Crippen LogP contribution < -0.4 is 16.2 Å². The van der Waals surface area contributed by atoms with E-state index >= 15 is 0 Å². The van der Waals surface area contributed by atoms with E-state index in [0.29, 0.717) is 27.4 Å². The van der Waals surface area contributed by atoms with Crippen molar-refractivity contribution in [2.75, 3.05) is 11.9 Å². The first kappa shape index (κ1) is 19.7. The van der Waals surface area contributed by atoms with Crippen LogP contribution >= 0.6 is 11.3 Å². The fourth-order valence-electron chi connectivity index (χ4n) is 3.23. The van der Waals surface area contributed by atoms with Gasteiger partial charge in [0.1, 0.15) is 5.52 Å². The van der Waals surface area contributed by atoms with Crippen LogP contribution in [0, 0.1) is 0 Å². The molecule has 158 valence electrons. The molecule has 0 aliphatic rings. The van der Waals surface area contributed by atoms with Crippen molar-refractivity contribution in [2.45, 2.75) is 0 Å². The molecule has 0 fully saturated rings. The molecule has 3 N–H and O–H groups in total. The first-order valence-electron chi connectivity index (χ1n) is 9.81. The highest BCUT2D eigenvalue weighted by Gasteiger charge is 2.14. The Bertz CT molecular complexity index is 1390. The van der Waals surface area contributed by atoms with Crippen molar-refractivity contribution in [1.82, 2.24) is 21.0 Å². The summed E-state index contributed by atoms with van der Waals surface area (Å²) in [5.74, 6) is -0.256. The Balaban J connectivity index is 1.22. The number of amides is 2. The van der Waals surface area contributed by atoms with Gasteiger partial charge in [0, 0.05) is 11.1 Å². The van der Waals surface area contributed by atoms with E-state index in [2.05, 4.69) is 26.3 Å². The predicted octanol–water partition coefficient (Wildman–Crippen LogP) is 3.98. The number of benzene rings is 3. The molecule has 0 bridgehead atoms. The smallest absolute Gasteiger partial charge is 0.269 e. The third-order valence-corrected chi connectivity index (χ3v) is 5.78. The number of hydrogen-bond donors (Lipinski definition) is 3. The first-order valence-corrected chi connectivity index (χ1v) is 10.6. The molecule has 8 nitrogen and oxygen atoms in total. The molecule has 0 atom stereocenters. The fourth-order valence-corrected chi connectivity index (χ4v) is 4.09. The van der Waals surface area contributed by atoms with Crippen LogP contribution in [0.2, 0.25) is 0 Å². The van der Waals surface area contributed by atoms with Crippen LogP contribution in [0.15, 0.2) is 77.3 Å². The van der Waals surface area contributed by atoms with Gasteiger partial charge in [-0.1, -0.05) is 59.0 Å². The molecule has 2 aromatic heterocycles. The lowest BCUT2D eigenvalue weighted by Gasteiger charge is -2.08. The highest BCUT2D eigenvalue weighted by atomic mass is 32.1. The molecule has 2 amide bonds. The van der Waals surface area contributed by atoms with Crippen LogP contribution in [0.5, 0.6) is 0 Å². The summed E-state index contributed by atoms with van der Waals surface area (Å²) in [6, 6.07) is 22.3. The average Bonchev–Trinajstić information content (AvgIpc) is 3.45. The largest absolute Gasteiger partial charge is 0.355 e. The quantitative estimate of drug-likeness (QED) is 0.355. The number of aromatic nitrogens is 2. The highest BCUT2D eigenvalue weighted by Crippen LogP contribution is 2.29. The number of fused-ring (bicyclic) bond motifs is 2. The Kier molecular flexibility index (Phi) is 5.22. The molecule has 32 heavy (non-hydrogen) atoms. The van der Waals surface area contributed by atoms with Crippen LogP contribution in [0.25, 0.3) is 32.4 Å². The molecule has 0 saturated carbocycles. The minimum absolute atomic E-state index is 0.0249.